The van der Waals surface area contributed by atoms with E-state index in [4.69, 9.17) is 14.5 Å². The zero-order chi connectivity index (χ0) is 28.3. The molecule has 2 heterocycles. The molecule has 0 aliphatic rings. The molecule has 0 radical (unpaired) electrons. The lowest BCUT2D eigenvalue weighted by Crippen LogP contribution is -2.11. The van der Waals surface area contributed by atoms with Crippen LogP contribution >= 0.6 is 11.3 Å². The quantitative estimate of drug-likeness (QED) is 0.173. The fourth-order valence-electron chi connectivity index (χ4n) is 4.94. The first-order valence-electron chi connectivity index (χ1n) is 13.7. The molecule has 0 atom stereocenters. The zero-order valence-electron chi connectivity index (χ0n) is 23.9. The number of carbonyl (C=O) groups is 1. The summed E-state index contributed by atoms with van der Waals surface area (Å²) in [5.74, 6) is 0.528. The molecule has 0 saturated carbocycles. The second kappa shape index (κ2) is 11.7. The fraction of sp³-hybridized carbons (Fsp3) is 0.294. The second-order valence-electron chi connectivity index (χ2n) is 11.1. The van der Waals surface area contributed by atoms with Gasteiger partial charge >= 0.3 is 5.97 Å². The molecule has 3 aromatic carbocycles. The third-order valence-corrected chi connectivity index (χ3v) is 8.11. The van der Waals surface area contributed by atoms with Gasteiger partial charge in [-0.05, 0) is 54.2 Å². The third kappa shape index (κ3) is 6.13. The second-order valence-corrected chi connectivity index (χ2v) is 11.9. The van der Waals surface area contributed by atoms with Gasteiger partial charge in [-0.3, -0.25) is 4.79 Å². The molecule has 40 heavy (non-hydrogen) atoms. The molecule has 5 nitrogen and oxygen atoms in total. The average Bonchev–Trinajstić information content (AvgIpc) is 3.51. The Kier molecular flexibility index (Phi) is 8.08. The van der Waals surface area contributed by atoms with Crippen molar-refractivity contribution in [2.75, 3.05) is 6.61 Å². The first-order valence-corrected chi connectivity index (χ1v) is 14.6. The van der Waals surface area contributed by atoms with Crippen LogP contribution in [0.4, 0.5) is 0 Å². The molecule has 0 saturated heterocycles. The summed E-state index contributed by atoms with van der Waals surface area (Å²) >= 11 is 1.62. The van der Waals surface area contributed by atoms with E-state index in [1.54, 1.807) is 11.3 Å². The largest absolute Gasteiger partial charge is 0.487 e. The summed E-state index contributed by atoms with van der Waals surface area (Å²) in [7, 11) is 0. The summed E-state index contributed by atoms with van der Waals surface area (Å²) in [6.07, 6.45) is 0.224. The van der Waals surface area contributed by atoms with Gasteiger partial charge in [-0.1, -0.05) is 75.4 Å². The van der Waals surface area contributed by atoms with E-state index in [-0.39, 0.29) is 17.8 Å². The van der Waals surface area contributed by atoms with E-state index in [1.807, 2.05) is 42.6 Å². The van der Waals surface area contributed by atoms with Crippen molar-refractivity contribution in [3.05, 3.63) is 106 Å². The van der Waals surface area contributed by atoms with E-state index in [1.165, 1.54) is 11.1 Å². The van der Waals surface area contributed by atoms with E-state index in [0.717, 1.165) is 50.7 Å². The minimum Gasteiger partial charge on any atom is -0.487 e. The van der Waals surface area contributed by atoms with Crippen LogP contribution in [-0.2, 0) is 34.5 Å². The standard InChI is InChI=1S/C34H36N2O3S/c1-6-38-32(37)19-29-23(2)36(20-24-12-14-26(15-13-24)34(3,4)5)31-17-16-28(18-30(29)31)39-21-27-22-40-33(35-27)25-10-8-7-9-11-25/h7-18,22H,6,19-21H2,1-5H3. The van der Waals surface area contributed by atoms with Gasteiger partial charge in [-0.15, -0.1) is 11.3 Å². The zero-order valence-corrected chi connectivity index (χ0v) is 24.7. The van der Waals surface area contributed by atoms with Gasteiger partial charge in [-0.25, -0.2) is 4.98 Å². The molecule has 5 aromatic rings. The smallest absolute Gasteiger partial charge is 0.310 e. The minimum atomic E-state index is -0.221. The molecular formula is C34H36N2O3S. The highest BCUT2D eigenvalue weighted by molar-refractivity contribution is 7.13. The number of carbonyl (C=O) groups excluding carboxylic acids is 1. The lowest BCUT2D eigenvalue weighted by molar-refractivity contribution is -0.142. The van der Waals surface area contributed by atoms with Gasteiger partial charge in [-0.2, -0.15) is 0 Å². The number of thiazole rings is 1. The summed E-state index contributed by atoms with van der Waals surface area (Å²) in [6.45, 7) is 12.1. The van der Waals surface area contributed by atoms with Gasteiger partial charge in [0.2, 0.25) is 0 Å². The number of esters is 1. The molecule has 2 aromatic heterocycles. The Hall–Kier alpha value is -3.90. The van der Waals surface area contributed by atoms with Gasteiger partial charge in [0.15, 0.2) is 0 Å². The van der Waals surface area contributed by atoms with Gasteiger partial charge in [0, 0.05) is 34.1 Å². The molecule has 0 aliphatic carbocycles. The molecule has 0 spiro atoms. The molecule has 6 heteroatoms. The maximum Gasteiger partial charge on any atom is 0.310 e. The summed E-state index contributed by atoms with van der Waals surface area (Å²) in [5.41, 5.74) is 7.75. The monoisotopic (exact) mass is 552 g/mol. The Morgan fingerprint density at radius 2 is 1.75 bits per heavy atom. The summed E-state index contributed by atoms with van der Waals surface area (Å²) in [6, 6.07) is 25.1. The van der Waals surface area contributed by atoms with E-state index in [9.17, 15) is 4.79 Å². The molecule has 0 N–H and O–H groups in total. The third-order valence-electron chi connectivity index (χ3n) is 7.17. The van der Waals surface area contributed by atoms with E-state index in [0.29, 0.717) is 13.2 Å². The predicted molar refractivity (Wildman–Crippen MR) is 163 cm³/mol. The molecule has 0 unspecified atom stereocenters. The number of hydrogen-bond donors (Lipinski definition) is 0. The van der Waals surface area contributed by atoms with Crippen molar-refractivity contribution in [1.29, 1.82) is 0 Å². The summed E-state index contributed by atoms with van der Waals surface area (Å²) in [5, 5.41) is 4.03. The van der Waals surface area contributed by atoms with Crippen LogP contribution in [0.3, 0.4) is 0 Å². The Morgan fingerprint density at radius 3 is 2.45 bits per heavy atom. The lowest BCUT2D eigenvalue weighted by Gasteiger charge is -2.19. The van der Waals surface area contributed by atoms with Crippen molar-refractivity contribution in [3.8, 4) is 16.3 Å². The normalized spacial score (nSPS) is 11.6. The van der Waals surface area contributed by atoms with Crippen LogP contribution < -0.4 is 4.74 Å². The summed E-state index contributed by atoms with van der Waals surface area (Å²) < 4.78 is 13.8. The number of benzene rings is 3. The average molecular weight is 553 g/mol. The number of fused-ring (bicyclic) bond motifs is 1. The van der Waals surface area contributed by atoms with Crippen molar-refractivity contribution in [2.24, 2.45) is 0 Å². The van der Waals surface area contributed by atoms with Crippen LogP contribution in [0.1, 0.15) is 55.8 Å². The van der Waals surface area contributed by atoms with E-state index >= 15 is 0 Å². The van der Waals surface area contributed by atoms with Crippen molar-refractivity contribution in [3.63, 3.8) is 0 Å². The highest BCUT2D eigenvalue weighted by Gasteiger charge is 2.19. The number of ether oxygens (including phenoxy) is 2. The van der Waals surface area contributed by atoms with Crippen LogP contribution in [0.2, 0.25) is 0 Å². The number of nitrogens with zero attached hydrogens (tertiary/aromatic N) is 2. The van der Waals surface area contributed by atoms with Crippen LogP contribution in [-0.4, -0.2) is 22.1 Å². The van der Waals surface area contributed by atoms with Crippen LogP contribution in [0.25, 0.3) is 21.5 Å². The van der Waals surface area contributed by atoms with Gasteiger partial charge in [0.1, 0.15) is 17.4 Å². The number of aromatic nitrogens is 2. The minimum absolute atomic E-state index is 0.111. The van der Waals surface area contributed by atoms with Gasteiger partial charge in [0.05, 0.1) is 18.7 Å². The first kappa shape index (κ1) is 27.7. The highest BCUT2D eigenvalue weighted by atomic mass is 32.1. The van der Waals surface area contributed by atoms with Crippen LogP contribution in [0, 0.1) is 6.92 Å². The SMILES string of the molecule is CCOC(=O)Cc1c(C)n(Cc2ccc(C(C)(C)C)cc2)c2ccc(OCc3csc(-c4ccccc4)n3)cc12. The van der Waals surface area contributed by atoms with Crippen molar-refractivity contribution in [2.45, 2.75) is 59.6 Å². The number of rotatable bonds is 9. The maximum atomic E-state index is 12.6. The highest BCUT2D eigenvalue weighted by Crippen LogP contribution is 2.32. The Morgan fingerprint density at radius 1 is 1.00 bits per heavy atom. The molecular weight excluding hydrogens is 516 g/mol. The Bertz CT molecular complexity index is 1610. The molecule has 0 amide bonds. The van der Waals surface area contributed by atoms with Crippen molar-refractivity contribution >= 4 is 28.2 Å². The molecule has 0 bridgehead atoms. The maximum absolute atomic E-state index is 12.6. The molecule has 5 rings (SSSR count). The van der Waals surface area contributed by atoms with Crippen LogP contribution in [0.5, 0.6) is 5.75 Å². The molecule has 206 valence electrons. The summed E-state index contributed by atoms with van der Waals surface area (Å²) in [4.78, 5) is 17.3. The number of hydrogen-bond acceptors (Lipinski definition) is 5. The topological polar surface area (TPSA) is 53.4 Å². The van der Waals surface area contributed by atoms with Gasteiger partial charge < -0.3 is 14.0 Å². The predicted octanol–water partition coefficient (Wildman–Crippen LogP) is 8.10. The Labute approximate surface area is 240 Å². The Balaban J connectivity index is 1.42. The molecule has 0 fully saturated rings. The first-order chi connectivity index (χ1) is 19.2. The van der Waals surface area contributed by atoms with Gasteiger partial charge in [0.25, 0.3) is 0 Å². The lowest BCUT2D eigenvalue weighted by atomic mass is 9.87. The van der Waals surface area contributed by atoms with E-state index in [2.05, 4.69) is 74.7 Å². The fourth-order valence-corrected chi connectivity index (χ4v) is 5.75. The van der Waals surface area contributed by atoms with E-state index < -0.39 is 0 Å². The van der Waals surface area contributed by atoms with Crippen LogP contribution in [0.15, 0.2) is 78.2 Å². The van der Waals surface area contributed by atoms with Crippen molar-refractivity contribution in [1.82, 2.24) is 9.55 Å². The van der Waals surface area contributed by atoms with Crippen molar-refractivity contribution < 1.29 is 14.3 Å². The molecule has 0 aliphatic heterocycles.